The highest BCUT2D eigenvalue weighted by atomic mass is 79.9. The van der Waals surface area contributed by atoms with Crippen molar-refractivity contribution in [2.45, 2.75) is 6.61 Å². The molecule has 0 bridgehead atoms. The number of carbonyl (C=O) groups excluding carboxylic acids is 2. The highest BCUT2D eigenvalue weighted by molar-refractivity contribution is 9.10. The fourth-order valence-corrected chi connectivity index (χ4v) is 4.25. The van der Waals surface area contributed by atoms with E-state index in [-0.39, 0.29) is 29.3 Å². The van der Waals surface area contributed by atoms with Gasteiger partial charge in [0, 0.05) is 42.6 Å². The van der Waals surface area contributed by atoms with Crippen LogP contribution in [0.5, 0.6) is 11.5 Å². The van der Waals surface area contributed by atoms with Crippen molar-refractivity contribution in [3.8, 4) is 11.5 Å². The molecule has 0 saturated carbocycles. The highest BCUT2D eigenvalue weighted by Gasteiger charge is 2.32. The molecule has 0 aliphatic carbocycles. The molecule has 0 unspecified atom stereocenters. The number of thioether (sulfide) groups is 1. The van der Waals surface area contributed by atoms with Gasteiger partial charge in [-0.05, 0) is 35.5 Å². The lowest BCUT2D eigenvalue weighted by molar-refractivity contribution is -0.121. The number of aromatic nitrogens is 2. The molecule has 2 fully saturated rings. The van der Waals surface area contributed by atoms with Crippen LogP contribution >= 0.6 is 27.7 Å². The maximum absolute atomic E-state index is 12.1. The van der Waals surface area contributed by atoms with Crippen molar-refractivity contribution in [2.75, 3.05) is 38.3 Å². The standard InChI is InChI=1S/C20H19BrN4O5S/c1-24-18(27)17(31-20(24)28)7-13-6-16(15(26)8-14(13)21)30-11-12-9-22-19(23-10-12)25-2-4-29-5-3-25/h6-10,26H,2-5,11H2,1H3/b17-7-. The molecule has 3 heterocycles. The Kier molecular flexibility index (Phi) is 6.44. The lowest BCUT2D eigenvalue weighted by atomic mass is 10.2. The van der Waals surface area contributed by atoms with Crippen LogP contribution in [0.3, 0.4) is 0 Å². The monoisotopic (exact) mass is 506 g/mol. The Bertz CT molecular complexity index is 1040. The van der Waals surface area contributed by atoms with Gasteiger partial charge >= 0.3 is 0 Å². The predicted octanol–water partition coefficient (Wildman–Crippen LogP) is 3.03. The summed E-state index contributed by atoms with van der Waals surface area (Å²) >= 11 is 4.23. The first kappa shape index (κ1) is 21.6. The summed E-state index contributed by atoms with van der Waals surface area (Å²) < 4.78 is 11.7. The number of halogens is 1. The number of hydrogen-bond donors (Lipinski definition) is 1. The fourth-order valence-electron chi connectivity index (χ4n) is 2.98. The minimum atomic E-state index is -0.366. The van der Waals surface area contributed by atoms with Crippen LogP contribution in [0.15, 0.2) is 33.9 Å². The van der Waals surface area contributed by atoms with Crippen molar-refractivity contribution in [3.63, 3.8) is 0 Å². The number of anilines is 1. The van der Waals surface area contributed by atoms with E-state index < -0.39 is 0 Å². The van der Waals surface area contributed by atoms with E-state index in [0.717, 1.165) is 35.3 Å². The number of phenols is 1. The first-order chi connectivity index (χ1) is 14.9. The van der Waals surface area contributed by atoms with Crippen molar-refractivity contribution < 1.29 is 24.2 Å². The van der Waals surface area contributed by atoms with E-state index in [9.17, 15) is 14.7 Å². The molecule has 2 aliphatic heterocycles. The van der Waals surface area contributed by atoms with Crippen LogP contribution in [0.1, 0.15) is 11.1 Å². The van der Waals surface area contributed by atoms with E-state index in [0.29, 0.717) is 34.1 Å². The Balaban J connectivity index is 1.47. The summed E-state index contributed by atoms with van der Waals surface area (Å²) in [7, 11) is 1.44. The van der Waals surface area contributed by atoms with Gasteiger partial charge in [0.25, 0.3) is 11.1 Å². The maximum Gasteiger partial charge on any atom is 0.293 e. The highest BCUT2D eigenvalue weighted by Crippen LogP contribution is 2.37. The number of hydrogen-bond acceptors (Lipinski definition) is 9. The number of benzene rings is 1. The van der Waals surface area contributed by atoms with Gasteiger partial charge in [-0.3, -0.25) is 14.5 Å². The van der Waals surface area contributed by atoms with Crippen LogP contribution in [-0.2, 0) is 16.1 Å². The Labute approximate surface area is 191 Å². The van der Waals surface area contributed by atoms with Crippen LogP contribution in [0.25, 0.3) is 6.08 Å². The van der Waals surface area contributed by atoms with Gasteiger partial charge in [-0.2, -0.15) is 0 Å². The topological polar surface area (TPSA) is 105 Å². The Morgan fingerprint density at radius 2 is 1.97 bits per heavy atom. The number of ether oxygens (including phenoxy) is 2. The average molecular weight is 507 g/mol. The average Bonchev–Trinajstić information content (AvgIpc) is 3.02. The van der Waals surface area contributed by atoms with Crippen molar-refractivity contribution in [1.29, 1.82) is 0 Å². The summed E-state index contributed by atoms with van der Waals surface area (Å²) in [6.45, 7) is 2.98. The molecule has 0 spiro atoms. The third-order valence-electron chi connectivity index (χ3n) is 4.73. The lowest BCUT2D eigenvalue weighted by Crippen LogP contribution is -2.37. The smallest absolute Gasteiger partial charge is 0.293 e. The van der Waals surface area contributed by atoms with Gasteiger partial charge in [0.15, 0.2) is 11.5 Å². The first-order valence-electron chi connectivity index (χ1n) is 9.43. The van der Waals surface area contributed by atoms with E-state index in [4.69, 9.17) is 9.47 Å². The summed E-state index contributed by atoms with van der Waals surface area (Å²) in [5.74, 6) is 0.460. The molecule has 2 saturated heterocycles. The molecule has 4 rings (SSSR count). The molecule has 0 atom stereocenters. The van der Waals surface area contributed by atoms with Crippen LogP contribution < -0.4 is 9.64 Å². The van der Waals surface area contributed by atoms with Crippen molar-refractivity contribution >= 4 is 50.9 Å². The van der Waals surface area contributed by atoms with Gasteiger partial charge in [0.1, 0.15) is 6.61 Å². The third-order valence-corrected chi connectivity index (χ3v) is 6.38. The van der Waals surface area contributed by atoms with Gasteiger partial charge in [0.2, 0.25) is 5.95 Å². The maximum atomic E-state index is 12.1. The van der Waals surface area contributed by atoms with Crippen LogP contribution in [-0.4, -0.2) is 64.5 Å². The van der Waals surface area contributed by atoms with Crippen LogP contribution in [0.2, 0.25) is 0 Å². The number of rotatable bonds is 5. The van der Waals surface area contributed by atoms with Gasteiger partial charge in [-0.25, -0.2) is 9.97 Å². The molecule has 162 valence electrons. The molecular formula is C20H19BrN4O5S. The van der Waals surface area contributed by atoms with E-state index in [1.165, 1.54) is 13.1 Å². The Morgan fingerprint density at radius 1 is 1.26 bits per heavy atom. The van der Waals surface area contributed by atoms with E-state index in [1.807, 2.05) is 0 Å². The summed E-state index contributed by atoms with van der Waals surface area (Å²) in [6.07, 6.45) is 4.96. The normalized spacial score (nSPS) is 18.2. The second kappa shape index (κ2) is 9.25. The summed E-state index contributed by atoms with van der Waals surface area (Å²) in [5, 5.41) is 9.91. The van der Waals surface area contributed by atoms with Gasteiger partial charge in [0.05, 0.1) is 18.1 Å². The lowest BCUT2D eigenvalue weighted by Gasteiger charge is -2.26. The number of morpholine rings is 1. The number of nitrogens with zero attached hydrogens (tertiary/aromatic N) is 4. The van der Waals surface area contributed by atoms with Crippen molar-refractivity contribution in [2.24, 2.45) is 0 Å². The second-order valence-electron chi connectivity index (χ2n) is 6.86. The second-order valence-corrected chi connectivity index (χ2v) is 8.71. The largest absolute Gasteiger partial charge is 0.504 e. The van der Waals surface area contributed by atoms with E-state index in [2.05, 4.69) is 30.8 Å². The number of carbonyl (C=O) groups is 2. The summed E-state index contributed by atoms with van der Waals surface area (Å²) in [4.78, 5) is 36.0. The zero-order valence-electron chi connectivity index (χ0n) is 16.6. The minimum Gasteiger partial charge on any atom is -0.504 e. The molecule has 1 N–H and O–H groups in total. The third kappa shape index (κ3) is 4.83. The van der Waals surface area contributed by atoms with E-state index in [1.54, 1.807) is 24.5 Å². The quantitative estimate of drug-likeness (QED) is 0.612. The molecular weight excluding hydrogens is 488 g/mol. The number of amides is 2. The van der Waals surface area contributed by atoms with Gasteiger partial charge in [-0.15, -0.1) is 0 Å². The molecule has 11 heteroatoms. The van der Waals surface area contributed by atoms with Gasteiger partial charge < -0.3 is 19.5 Å². The summed E-state index contributed by atoms with van der Waals surface area (Å²) in [6, 6.07) is 3.08. The molecule has 1 aromatic heterocycles. The number of likely N-dealkylation sites (N-methyl/N-ethyl adjacent to an activating group) is 1. The van der Waals surface area contributed by atoms with Crippen LogP contribution in [0.4, 0.5) is 10.7 Å². The Morgan fingerprint density at radius 3 is 2.61 bits per heavy atom. The molecule has 1 aromatic carbocycles. The first-order valence-corrected chi connectivity index (χ1v) is 11.0. The Hall–Kier alpha value is -2.63. The number of aromatic hydroxyl groups is 1. The molecule has 2 aliphatic rings. The number of imide groups is 1. The number of phenolic OH excluding ortho intramolecular Hbond substituents is 1. The fraction of sp³-hybridized carbons (Fsp3) is 0.300. The zero-order valence-corrected chi connectivity index (χ0v) is 19.0. The summed E-state index contributed by atoms with van der Waals surface area (Å²) in [5.41, 5.74) is 1.35. The predicted molar refractivity (Wildman–Crippen MR) is 119 cm³/mol. The van der Waals surface area contributed by atoms with Gasteiger partial charge in [-0.1, -0.05) is 15.9 Å². The molecule has 2 amide bonds. The zero-order chi connectivity index (χ0) is 22.0. The molecule has 31 heavy (non-hydrogen) atoms. The molecule has 9 nitrogen and oxygen atoms in total. The van der Waals surface area contributed by atoms with Crippen molar-refractivity contribution in [1.82, 2.24) is 14.9 Å². The van der Waals surface area contributed by atoms with Crippen LogP contribution in [0, 0.1) is 0 Å². The SMILES string of the molecule is CN1C(=O)S/C(=C\c2cc(OCc3cnc(N4CCOCC4)nc3)c(O)cc2Br)C1=O. The molecule has 0 radical (unpaired) electrons. The minimum absolute atomic E-state index is 0.0570. The molecule has 2 aromatic rings. The van der Waals surface area contributed by atoms with E-state index >= 15 is 0 Å². The van der Waals surface area contributed by atoms with Crippen molar-refractivity contribution in [3.05, 3.63) is 45.0 Å².